The summed E-state index contributed by atoms with van der Waals surface area (Å²) < 4.78 is 0. The third kappa shape index (κ3) is 1.62. The van der Waals surface area contributed by atoms with Crippen LogP contribution in [0.3, 0.4) is 0 Å². The average Bonchev–Trinajstić information content (AvgIpc) is 2.67. The number of nitrogens with zero attached hydrogens (tertiary/aromatic N) is 1. The number of nitrogens with two attached hydrogens (primary N) is 1. The molecule has 0 atom stereocenters. The first-order chi connectivity index (χ1) is 6.81. The molecule has 0 saturated carbocycles. The van der Waals surface area contributed by atoms with Gasteiger partial charge in [-0.3, -0.25) is 0 Å². The Hall–Kier alpha value is -1.39. The van der Waals surface area contributed by atoms with Crippen molar-refractivity contribution in [3.63, 3.8) is 0 Å². The number of rotatable bonds is 2. The van der Waals surface area contributed by atoms with E-state index < -0.39 is 0 Å². The molecule has 1 aromatic carbocycles. The molecule has 0 aliphatic heterocycles. The second-order valence-corrected chi connectivity index (χ2v) is 3.79. The largest absolute Gasteiger partial charge is 0.507 e. The summed E-state index contributed by atoms with van der Waals surface area (Å²) in [6.45, 7) is 0.443. The molecule has 0 spiro atoms. The number of para-hydroxylation sites is 1. The van der Waals surface area contributed by atoms with E-state index >= 15 is 0 Å². The van der Waals surface area contributed by atoms with Crippen molar-refractivity contribution < 1.29 is 5.11 Å². The lowest BCUT2D eigenvalue weighted by Crippen LogP contribution is -1.94. The monoisotopic (exact) mass is 206 g/mol. The molecule has 14 heavy (non-hydrogen) atoms. The molecule has 2 rings (SSSR count). The van der Waals surface area contributed by atoms with Crippen molar-refractivity contribution in [3.05, 3.63) is 34.7 Å². The Morgan fingerprint density at radius 2 is 2.14 bits per heavy atom. The minimum absolute atomic E-state index is 0.251. The van der Waals surface area contributed by atoms with Gasteiger partial charge in [0.15, 0.2) is 0 Å². The SMILES string of the molecule is NCc1nc(-c2ccccc2O)cs1. The molecule has 0 unspecified atom stereocenters. The van der Waals surface area contributed by atoms with Gasteiger partial charge in [0, 0.05) is 17.5 Å². The van der Waals surface area contributed by atoms with Gasteiger partial charge in [-0.25, -0.2) is 4.98 Å². The Bertz CT molecular complexity index is 439. The quantitative estimate of drug-likeness (QED) is 0.789. The van der Waals surface area contributed by atoms with Gasteiger partial charge in [0.2, 0.25) is 0 Å². The van der Waals surface area contributed by atoms with Crippen LogP contribution in [0.1, 0.15) is 5.01 Å². The Labute approximate surface area is 85.8 Å². The van der Waals surface area contributed by atoms with Crippen molar-refractivity contribution in [1.82, 2.24) is 4.98 Å². The highest BCUT2D eigenvalue weighted by Crippen LogP contribution is 2.29. The van der Waals surface area contributed by atoms with Crippen LogP contribution in [-0.4, -0.2) is 10.1 Å². The van der Waals surface area contributed by atoms with E-state index in [9.17, 15) is 5.11 Å². The minimum Gasteiger partial charge on any atom is -0.507 e. The molecule has 1 aromatic heterocycles. The van der Waals surface area contributed by atoms with Gasteiger partial charge in [0.25, 0.3) is 0 Å². The fourth-order valence-corrected chi connectivity index (χ4v) is 1.89. The van der Waals surface area contributed by atoms with Gasteiger partial charge >= 0.3 is 0 Å². The summed E-state index contributed by atoms with van der Waals surface area (Å²) >= 11 is 1.51. The molecular formula is C10H10N2OS. The number of hydrogen-bond acceptors (Lipinski definition) is 4. The predicted molar refractivity (Wildman–Crippen MR) is 57.1 cm³/mol. The molecule has 2 aromatic rings. The normalized spacial score (nSPS) is 10.4. The number of benzene rings is 1. The highest BCUT2D eigenvalue weighted by Gasteiger charge is 2.06. The molecule has 72 valence electrons. The van der Waals surface area contributed by atoms with Gasteiger partial charge in [-0.15, -0.1) is 11.3 Å². The van der Waals surface area contributed by atoms with Crippen LogP contribution in [0.2, 0.25) is 0 Å². The Kier molecular flexibility index (Phi) is 2.47. The van der Waals surface area contributed by atoms with Crippen molar-refractivity contribution in [3.8, 4) is 17.0 Å². The van der Waals surface area contributed by atoms with Crippen LogP contribution < -0.4 is 5.73 Å². The number of aromatic hydroxyl groups is 1. The standard InChI is InChI=1S/C10H10N2OS/c11-5-10-12-8(6-14-10)7-3-1-2-4-9(7)13/h1-4,6,13H,5,11H2. The van der Waals surface area contributed by atoms with Crippen LogP contribution in [0.25, 0.3) is 11.3 Å². The van der Waals surface area contributed by atoms with E-state index in [0.29, 0.717) is 6.54 Å². The predicted octanol–water partition coefficient (Wildman–Crippen LogP) is 1.97. The molecule has 0 aliphatic carbocycles. The molecule has 3 N–H and O–H groups in total. The van der Waals surface area contributed by atoms with Crippen LogP contribution in [0.5, 0.6) is 5.75 Å². The zero-order valence-corrected chi connectivity index (χ0v) is 8.29. The molecule has 0 aliphatic rings. The number of phenols is 1. The lowest BCUT2D eigenvalue weighted by atomic mass is 10.1. The molecular weight excluding hydrogens is 196 g/mol. The van der Waals surface area contributed by atoms with Crippen molar-refractivity contribution in [2.24, 2.45) is 5.73 Å². The smallest absolute Gasteiger partial charge is 0.125 e. The van der Waals surface area contributed by atoms with Crippen LogP contribution in [0, 0.1) is 0 Å². The molecule has 4 heteroatoms. The molecule has 0 bridgehead atoms. The summed E-state index contributed by atoms with van der Waals surface area (Å²) in [6, 6.07) is 7.15. The molecule has 0 fully saturated rings. The number of hydrogen-bond donors (Lipinski definition) is 2. The fraction of sp³-hybridized carbons (Fsp3) is 0.100. The third-order valence-electron chi connectivity index (χ3n) is 1.91. The van der Waals surface area contributed by atoms with E-state index in [4.69, 9.17) is 5.73 Å². The summed E-state index contributed by atoms with van der Waals surface area (Å²) in [4.78, 5) is 4.29. The first-order valence-electron chi connectivity index (χ1n) is 4.24. The van der Waals surface area contributed by atoms with E-state index in [1.807, 2.05) is 17.5 Å². The van der Waals surface area contributed by atoms with E-state index in [0.717, 1.165) is 16.3 Å². The van der Waals surface area contributed by atoms with Gasteiger partial charge < -0.3 is 10.8 Å². The van der Waals surface area contributed by atoms with Gasteiger partial charge in [0.05, 0.1) is 5.69 Å². The highest BCUT2D eigenvalue weighted by atomic mass is 32.1. The second-order valence-electron chi connectivity index (χ2n) is 2.85. The first kappa shape index (κ1) is 9.18. The van der Waals surface area contributed by atoms with Crippen molar-refractivity contribution in [2.75, 3.05) is 0 Å². The summed E-state index contributed by atoms with van der Waals surface area (Å²) in [5, 5.41) is 12.4. The lowest BCUT2D eigenvalue weighted by Gasteiger charge is -1.98. The van der Waals surface area contributed by atoms with Gasteiger partial charge in [-0.1, -0.05) is 12.1 Å². The summed E-state index contributed by atoms with van der Waals surface area (Å²) in [5.41, 5.74) is 7.00. The second kappa shape index (κ2) is 3.77. The Balaban J connectivity index is 2.44. The molecule has 0 amide bonds. The molecule has 0 saturated heterocycles. The third-order valence-corrected chi connectivity index (χ3v) is 2.78. The van der Waals surface area contributed by atoms with Gasteiger partial charge in [-0.2, -0.15) is 0 Å². The van der Waals surface area contributed by atoms with Crippen LogP contribution in [-0.2, 0) is 6.54 Å². The summed E-state index contributed by atoms with van der Waals surface area (Å²) in [6.07, 6.45) is 0. The number of thiazole rings is 1. The fourth-order valence-electron chi connectivity index (χ4n) is 1.22. The van der Waals surface area contributed by atoms with Gasteiger partial charge in [0.1, 0.15) is 10.8 Å². The van der Waals surface area contributed by atoms with E-state index in [1.165, 1.54) is 11.3 Å². The molecule has 0 radical (unpaired) electrons. The Morgan fingerprint density at radius 3 is 2.79 bits per heavy atom. The Morgan fingerprint density at radius 1 is 1.36 bits per heavy atom. The topological polar surface area (TPSA) is 59.1 Å². The van der Waals surface area contributed by atoms with Gasteiger partial charge in [-0.05, 0) is 12.1 Å². The molecule has 1 heterocycles. The maximum Gasteiger partial charge on any atom is 0.125 e. The zero-order valence-electron chi connectivity index (χ0n) is 7.47. The van der Waals surface area contributed by atoms with E-state index in [1.54, 1.807) is 12.1 Å². The zero-order chi connectivity index (χ0) is 9.97. The maximum atomic E-state index is 9.58. The van der Waals surface area contributed by atoms with Crippen molar-refractivity contribution in [2.45, 2.75) is 6.54 Å². The first-order valence-corrected chi connectivity index (χ1v) is 5.12. The molecule has 3 nitrogen and oxygen atoms in total. The van der Waals surface area contributed by atoms with Crippen LogP contribution >= 0.6 is 11.3 Å². The number of phenolic OH excluding ortho intramolecular Hbond substituents is 1. The van der Waals surface area contributed by atoms with Crippen molar-refractivity contribution >= 4 is 11.3 Å². The maximum absolute atomic E-state index is 9.58. The van der Waals surface area contributed by atoms with Crippen molar-refractivity contribution in [1.29, 1.82) is 0 Å². The van der Waals surface area contributed by atoms with E-state index in [2.05, 4.69) is 4.98 Å². The highest BCUT2D eigenvalue weighted by molar-refractivity contribution is 7.09. The lowest BCUT2D eigenvalue weighted by molar-refractivity contribution is 0.477. The summed E-state index contributed by atoms with van der Waals surface area (Å²) in [5.74, 6) is 0.251. The minimum atomic E-state index is 0.251. The average molecular weight is 206 g/mol. The summed E-state index contributed by atoms with van der Waals surface area (Å²) in [7, 11) is 0. The van der Waals surface area contributed by atoms with E-state index in [-0.39, 0.29) is 5.75 Å². The number of aromatic nitrogens is 1. The van der Waals surface area contributed by atoms with Crippen LogP contribution in [0.4, 0.5) is 0 Å². The van der Waals surface area contributed by atoms with Crippen LogP contribution in [0.15, 0.2) is 29.6 Å².